The van der Waals surface area contributed by atoms with Crippen molar-refractivity contribution >= 4 is 17.5 Å². The molecular formula is C18H28N4O4. The minimum absolute atomic E-state index is 0.112. The van der Waals surface area contributed by atoms with E-state index in [1.165, 1.54) is 6.07 Å². The highest BCUT2D eigenvalue weighted by molar-refractivity contribution is 5.75. The predicted octanol–water partition coefficient (Wildman–Crippen LogP) is 2.88. The maximum atomic E-state index is 11.8. The van der Waals surface area contributed by atoms with E-state index >= 15 is 0 Å². The monoisotopic (exact) mass is 364 g/mol. The number of nitrogens with two attached hydrogens (primary N) is 1. The zero-order valence-corrected chi connectivity index (χ0v) is 16.1. The van der Waals surface area contributed by atoms with Crippen LogP contribution in [0, 0.1) is 10.1 Å². The highest BCUT2D eigenvalue weighted by atomic mass is 16.6. The summed E-state index contributed by atoms with van der Waals surface area (Å²) in [4.78, 5) is 26.9. The third kappa shape index (κ3) is 4.24. The zero-order chi connectivity index (χ0) is 19.6. The van der Waals surface area contributed by atoms with Crippen molar-refractivity contribution in [2.45, 2.75) is 45.1 Å². The molecule has 0 aliphatic carbocycles. The molecule has 8 heteroatoms. The lowest BCUT2D eigenvalue weighted by atomic mass is 9.83. The van der Waals surface area contributed by atoms with Gasteiger partial charge in [0.15, 0.2) is 0 Å². The summed E-state index contributed by atoms with van der Waals surface area (Å²) in [6.45, 7) is 7.39. The maximum absolute atomic E-state index is 11.8. The maximum Gasteiger partial charge on any atom is 0.410 e. The number of carbonyl (C=O) groups excluding carboxylic acids is 1. The van der Waals surface area contributed by atoms with E-state index < -0.39 is 16.4 Å². The molecule has 0 saturated carbocycles. The summed E-state index contributed by atoms with van der Waals surface area (Å²) in [5.74, 6) is -0.112. The molecule has 0 atom stereocenters. The van der Waals surface area contributed by atoms with Gasteiger partial charge in [0.1, 0.15) is 0 Å². The van der Waals surface area contributed by atoms with Crippen LogP contribution >= 0.6 is 0 Å². The van der Waals surface area contributed by atoms with Crippen LogP contribution < -0.4 is 15.4 Å². The SMILES string of the molecule is CN(C)C1CCN(c2ccc(OC(N)=O)c([N+](=O)[O-])c2C(C)(C)C)CC1. The van der Waals surface area contributed by atoms with E-state index in [4.69, 9.17) is 10.5 Å². The molecule has 0 unspecified atom stereocenters. The minimum atomic E-state index is -1.06. The quantitative estimate of drug-likeness (QED) is 0.651. The molecule has 26 heavy (non-hydrogen) atoms. The van der Waals surface area contributed by atoms with Gasteiger partial charge in [-0.2, -0.15) is 0 Å². The molecular weight excluding hydrogens is 336 g/mol. The van der Waals surface area contributed by atoms with Gasteiger partial charge in [-0.25, -0.2) is 4.79 Å². The van der Waals surface area contributed by atoms with E-state index in [1.807, 2.05) is 20.8 Å². The minimum Gasteiger partial charge on any atom is -0.403 e. The number of hydrogen-bond acceptors (Lipinski definition) is 6. The standard InChI is InChI=1S/C18H28N4O4/c1-18(2,3)15-13(21-10-8-12(9-11-21)20(4)5)6-7-14(26-17(19)23)16(15)22(24)25/h6-7,12H,8-11H2,1-5H3,(H2,19,23). The third-order valence-electron chi connectivity index (χ3n) is 4.80. The van der Waals surface area contributed by atoms with Crippen molar-refractivity contribution < 1.29 is 14.5 Å². The van der Waals surface area contributed by atoms with Crippen molar-refractivity contribution in [2.75, 3.05) is 32.1 Å². The molecule has 144 valence electrons. The number of nitro benzene ring substituents is 1. The Morgan fingerprint density at radius 3 is 2.31 bits per heavy atom. The molecule has 0 bridgehead atoms. The number of piperidine rings is 1. The Hall–Kier alpha value is -2.35. The predicted molar refractivity (Wildman–Crippen MR) is 101 cm³/mol. The van der Waals surface area contributed by atoms with Crippen molar-refractivity contribution in [3.8, 4) is 5.75 Å². The van der Waals surface area contributed by atoms with E-state index in [2.05, 4.69) is 23.9 Å². The number of carbonyl (C=O) groups is 1. The van der Waals surface area contributed by atoms with Gasteiger partial charge in [-0.1, -0.05) is 20.8 Å². The van der Waals surface area contributed by atoms with E-state index in [1.54, 1.807) is 6.07 Å². The van der Waals surface area contributed by atoms with Gasteiger partial charge in [-0.15, -0.1) is 0 Å². The number of nitro groups is 1. The lowest BCUT2D eigenvalue weighted by Gasteiger charge is -2.38. The van der Waals surface area contributed by atoms with Gasteiger partial charge < -0.3 is 20.3 Å². The Morgan fingerprint density at radius 1 is 1.31 bits per heavy atom. The Kier molecular flexibility index (Phi) is 5.75. The Morgan fingerprint density at radius 2 is 1.88 bits per heavy atom. The van der Waals surface area contributed by atoms with Crippen molar-refractivity contribution in [2.24, 2.45) is 5.73 Å². The van der Waals surface area contributed by atoms with Gasteiger partial charge in [-0.3, -0.25) is 10.1 Å². The van der Waals surface area contributed by atoms with Crippen LogP contribution in [0.1, 0.15) is 39.2 Å². The first-order valence-electron chi connectivity index (χ1n) is 8.73. The van der Waals surface area contributed by atoms with E-state index in [0.717, 1.165) is 31.6 Å². The Bertz CT molecular complexity index is 689. The number of primary amides is 1. The number of hydrogen-bond donors (Lipinski definition) is 1. The van der Waals surface area contributed by atoms with Gasteiger partial charge in [-0.05, 0) is 44.5 Å². The van der Waals surface area contributed by atoms with Crippen molar-refractivity contribution in [1.29, 1.82) is 0 Å². The first-order chi connectivity index (χ1) is 12.0. The second-order valence-electron chi connectivity index (χ2n) is 7.92. The van der Waals surface area contributed by atoms with Crippen LogP contribution in [0.3, 0.4) is 0 Å². The van der Waals surface area contributed by atoms with Gasteiger partial charge in [0.05, 0.1) is 10.5 Å². The molecule has 0 radical (unpaired) electrons. The van der Waals surface area contributed by atoms with Gasteiger partial charge >= 0.3 is 11.8 Å². The Labute approximate surface area is 154 Å². The summed E-state index contributed by atoms with van der Waals surface area (Å²) in [5, 5.41) is 11.8. The van der Waals surface area contributed by atoms with Gasteiger partial charge in [0.25, 0.3) is 0 Å². The molecule has 1 amide bonds. The summed E-state index contributed by atoms with van der Waals surface area (Å²) in [6.07, 6.45) is 0.918. The molecule has 2 rings (SSSR count). The van der Waals surface area contributed by atoms with Crippen LogP contribution in [0.4, 0.5) is 16.2 Å². The summed E-state index contributed by atoms with van der Waals surface area (Å²) >= 11 is 0. The molecule has 0 aromatic heterocycles. The molecule has 1 aliphatic heterocycles. The van der Waals surface area contributed by atoms with Gasteiger partial charge in [0.2, 0.25) is 5.75 Å². The zero-order valence-electron chi connectivity index (χ0n) is 16.1. The Balaban J connectivity index is 2.51. The molecule has 1 saturated heterocycles. The summed E-state index contributed by atoms with van der Waals surface area (Å²) < 4.78 is 4.91. The number of ether oxygens (including phenoxy) is 1. The lowest BCUT2D eigenvalue weighted by molar-refractivity contribution is -0.386. The number of rotatable bonds is 4. The number of nitrogens with zero attached hydrogens (tertiary/aromatic N) is 3. The largest absolute Gasteiger partial charge is 0.410 e. The molecule has 1 aromatic carbocycles. The average molecular weight is 364 g/mol. The fraction of sp³-hybridized carbons (Fsp3) is 0.611. The molecule has 8 nitrogen and oxygen atoms in total. The highest BCUT2D eigenvalue weighted by Crippen LogP contribution is 2.45. The molecule has 2 N–H and O–H groups in total. The van der Waals surface area contributed by atoms with Crippen molar-refractivity contribution in [1.82, 2.24) is 4.90 Å². The topological polar surface area (TPSA) is 102 Å². The molecule has 0 spiro atoms. The first-order valence-corrected chi connectivity index (χ1v) is 8.73. The molecule has 1 fully saturated rings. The van der Waals surface area contributed by atoms with Crippen molar-refractivity contribution in [3.05, 3.63) is 27.8 Å². The van der Waals surface area contributed by atoms with Crippen LogP contribution in [0.25, 0.3) is 0 Å². The molecule has 1 aromatic rings. The molecule has 1 heterocycles. The fourth-order valence-corrected chi connectivity index (χ4v) is 3.56. The molecule has 1 aliphatic rings. The van der Waals surface area contributed by atoms with Crippen LogP contribution in [0.15, 0.2) is 12.1 Å². The summed E-state index contributed by atoms with van der Waals surface area (Å²) in [5.41, 5.74) is 5.76. The van der Waals surface area contributed by atoms with E-state index in [9.17, 15) is 14.9 Å². The van der Waals surface area contributed by atoms with E-state index in [-0.39, 0.29) is 11.4 Å². The smallest absolute Gasteiger partial charge is 0.403 e. The normalized spacial score (nSPS) is 16.0. The van der Waals surface area contributed by atoms with E-state index in [0.29, 0.717) is 11.6 Å². The first kappa shape index (κ1) is 20.0. The van der Waals surface area contributed by atoms with Crippen LogP contribution in [-0.2, 0) is 5.41 Å². The van der Waals surface area contributed by atoms with Crippen LogP contribution in [-0.4, -0.2) is 49.1 Å². The highest BCUT2D eigenvalue weighted by Gasteiger charge is 2.35. The third-order valence-corrected chi connectivity index (χ3v) is 4.80. The second kappa shape index (κ2) is 7.49. The average Bonchev–Trinajstić information content (AvgIpc) is 2.52. The fourth-order valence-electron chi connectivity index (χ4n) is 3.56. The van der Waals surface area contributed by atoms with Crippen molar-refractivity contribution in [3.63, 3.8) is 0 Å². The number of amides is 1. The van der Waals surface area contributed by atoms with Gasteiger partial charge in [0, 0.05) is 24.8 Å². The lowest BCUT2D eigenvalue weighted by Crippen LogP contribution is -2.42. The second-order valence-corrected chi connectivity index (χ2v) is 7.92. The summed E-state index contributed by atoms with van der Waals surface area (Å²) in [6, 6.07) is 3.77. The number of anilines is 1. The van der Waals surface area contributed by atoms with Crippen LogP contribution in [0.2, 0.25) is 0 Å². The van der Waals surface area contributed by atoms with Crippen LogP contribution in [0.5, 0.6) is 5.75 Å². The summed E-state index contributed by atoms with van der Waals surface area (Å²) in [7, 11) is 4.14. The number of benzene rings is 1.